The quantitative estimate of drug-likeness (QED) is 0.901. The van der Waals surface area contributed by atoms with Crippen molar-refractivity contribution in [2.45, 2.75) is 53.4 Å². The normalized spacial score (nSPS) is 12.0. The SMILES string of the molecule is CCC(=O)Nc1ccc(C(=O)n2nc(C)c(C(C)CC)c2C)cc1. The molecule has 0 aliphatic rings. The van der Waals surface area contributed by atoms with E-state index < -0.39 is 0 Å². The van der Waals surface area contributed by atoms with Crippen molar-refractivity contribution in [1.29, 1.82) is 0 Å². The zero-order valence-corrected chi connectivity index (χ0v) is 15.0. The standard InChI is InChI=1S/C19H25N3O2/c1-6-12(3)18-13(4)21-22(14(18)5)19(24)15-8-10-16(11-9-15)20-17(23)7-2/h8-12H,6-7H2,1-5H3,(H,20,23). The summed E-state index contributed by atoms with van der Waals surface area (Å²) in [7, 11) is 0. The van der Waals surface area contributed by atoms with Gasteiger partial charge in [0.15, 0.2) is 0 Å². The molecule has 1 aromatic heterocycles. The van der Waals surface area contributed by atoms with Gasteiger partial charge in [0.1, 0.15) is 0 Å². The van der Waals surface area contributed by atoms with Crippen LogP contribution in [0.25, 0.3) is 0 Å². The molecule has 0 saturated heterocycles. The van der Waals surface area contributed by atoms with E-state index in [0.29, 0.717) is 23.6 Å². The molecule has 0 fully saturated rings. The second-order valence-electron chi connectivity index (χ2n) is 6.09. The van der Waals surface area contributed by atoms with Crippen LogP contribution in [-0.4, -0.2) is 21.6 Å². The molecule has 2 rings (SSSR count). The molecule has 0 saturated carbocycles. The summed E-state index contributed by atoms with van der Waals surface area (Å²) in [6.45, 7) is 9.96. The highest BCUT2D eigenvalue weighted by Gasteiger charge is 2.20. The summed E-state index contributed by atoms with van der Waals surface area (Å²) in [5.41, 5.74) is 4.19. The number of hydrogen-bond donors (Lipinski definition) is 1. The maximum absolute atomic E-state index is 12.7. The third-order valence-corrected chi connectivity index (χ3v) is 4.38. The maximum Gasteiger partial charge on any atom is 0.278 e. The molecule has 0 radical (unpaired) electrons. The first kappa shape index (κ1) is 17.9. The average molecular weight is 327 g/mol. The summed E-state index contributed by atoms with van der Waals surface area (Å²) in [6.07, 6.45) is 1.43. The molecule has 1 aromatic carbocycles. The van der Waals surface area contributed by atoms with Gasteiger partial charge in [-0.05, 0) is 56.0 Å². The lowest BCUT2D eigenvalue weighted by atomic mass is 9.97. The number of hydrogen-bond acceptors (Lipinski definition) is 3. The molecule has 0 aliphatic heterocycles. The van der Waals surface area contributed by atoms with E-state index in [4.69, 9.17) is 0 Å². The molecule has 1 heterocycles. The lowest BCUT2D eigenvalue weighted by Crippen LogP contribution is -2.16. The van der Waals surface area contributed by atoms with E-state index in [1.165, 1.54) is 4.68 Å². The van der Waals surface area contributed by atoms with Crippen LogP contribution in [0.5, 0.6) is 0 Å². The van der Waals surface area contributed by atoms with Crippen LogP contribution >= 0.6 is 0 Å². The van der Waals surface area contributed by atoms with E-state index in [-0.39, 0.29) is 11.8 Å². The Hall–Kier alpha value is -2.43. The number of nitrogens with zero attached hydrogens (tertiary/aromatic N) is 2. The molecule has 1 atom stereocenters. The number of amides is 1. The Labute approximate surface area is 143 Å². The van der Waals surface area contributed by atoms with Gasteiger partial charge in [-0.1, -0.05) is 20.8 Å². The van der Waals surface area contributed by atoms with E-state index >= 15 is 0 Å². The lowest BCUT2D eigenvalue weighted by Gasteiger charge is -2.10. The predicted molar refractivity (Wildman–Crippen MR) is 95.5 cm³/mol. The fourth-order valence-corrected chi connectivity index (χ4v) is 2.84. The maximum atomic E-state index is 12.7. The highest BCUT2D eigenvalue weighted by Crippen LogP contribution is 2.26. The Morgan fingerprint density at radius 3 is 2.33 bits per heavy atom. The first-order valence-corrected chi connectivity index (χ1v) is 8.39. The number of aryl methyl sites for hydroxylation is 1. The van der Waals surface area contributed by atoms with E-state index in [1.807, 2.05) is 13.8 Å². The van der Waals surface area contributed by atoms with Gasteiger partial charge in [-0.3, -0.25) is 9.59 Å². The molecular formula is C19H25N3O2. The summed E-state index contributed by atoms with van der Waals surface area (Å²) in [5, 5.41) is 7.21. The van der Waals surface area contributed by atoms with Crippen LogP contribution < -0.4 is 5.32 Å². The Morgan fingerprint density at radius 2 is 1.79 bits per heavy atom. The summed E-state index contributed by atoms with van der Waals surface area (Å²) < 4.78 is 1.48. The van der Waals surface area contributed by atoms with Crippen LogP contribution in [0.1, 0.15) is 66.8 Å². The summed E-state index contributed by atoms with van der Waals surface area (Å²) in [5.74, 6) is 0.169. The molecule has 0 bridgehead atoms. The van der Waals surface area contributed by atoms with Gasteiger partial charge in [-0.25, -0.2) is 4.68 Å². The highest BCUT2D eigenvalue weighted by atomic mass is 16.2. The van der Waals surface area contributed by atoms with E-state index in [0.717, 1.165) is 23.4 Å². The van der Waals surface area contributed by atoms with Crippen LogP contribution in [0.3, 0.4) is 0 Å². The second kappa shape index (κ2) is 7.43. The van der Waals surface area contributed by atoms with Crippen molar-refractivity contribution in [1.82, 2.24) is 9.78 Å². The molecule has 5 heteroatoms. The first-order chi connectivity index (χ1) is 11.4. The third kappa shape index (κ3) is 3.55. The van der Waals surface area contributed by atoms with Crippen LogP contribution in [-0.2, 0) is 4.79 Å². The lowest BCUT2D eigenvalue weighted by molar-refractivity contribution is -0.115. The highest BCUT2D eigenvalue weighted by molar-refractivity contribution is 5.97. The van der Waals surface area contributed by atoms with E-state index in [2.05, 4.69) is 24.3 Å². The number of carbonyl (C=O) groups excluding carboxylic acids is 2. The minimum absolute atomic E-state index is 0.0502. The van der Waals surface area contributed by atoms with Gasteiger partial charge in [0.25, 0.3) is 5.91 Å². The van der Waals surface area contributed by atoms with Crippen LogP contribution in [0.4, 0.5) is 5.69 Å². The number of benzene rings is 1. The Bertz CT molecular complexity index is 745. The van der Waals surface area contributed by atoms with Crippen molar-refractivity contribution >= 4 is 17.5 Å². The summed E-state index contributed by atoms with van der Waals surface area (Å²) >= 11 is 0. The molecule has 24 heavy (non-hydrogen) atoms. The van der Waals surface area contributed by atoms with Crippen LogP contribution in [0.15, 0.2) is 24.3 Å². The largest absolute Gasteiger partial charge is 0.326 e. The van der Waals surface area contributed by atoms with Crippen molar-refractivity contribution in [3.8, 4) is 0 Å². The first-order valence-electron chi connectivity index (χ1n) is 8.39. The second-order valence-corrected chi connectivity index (χ2v) is 6.09. The fraction of sp³-hybridized carbons (Fsp3) is 0.421. The predicted octanol–water partition coefficient (Wildman–Crippen LogP) is 4.05. The minimum atomic E-state index is -0.154. The van der Waals surface area contributed by atoms with Crippen molar-refractivity contribution in [3.05, 3.63) is 46.8 Å². The topological polar surface area (TPSA) is 64.0 Å². The van der Waals surface area contributed by atoms with Crippen LogP contribution in [0.2, 0.25) is 0 Å². The molecule has 128 valence electrons. The van der Waals surface area contributed by atoms with Gasteiger partial charge in [-0.15, -0.1) is 0 Å². The number of nitrogens with one attached hydrogen (secondary N) is 1. The molecule has 1 unspecified atom stereocenters. The Kier molecular flexibility index (Phi) is 5.54. The van der Waals surface area contributed by atoms with Crippen LogP contribution in [0, 0.1) is 13.8 Å². The molecule has 1 amide bonds. The monoisotopic (exact) mass is 327 g/mol. The third-order valence-electron chi connectivity index (χ3n) is 4.38. The summed E-state index contributed by atoms with van der Waals surface area (Å²) in [6, 6.07) is 6.91. The fourth-order valence-electron chi connectivity index (χ4n) is 2.84. The smallest absolute Gasteiger partial charge is 0.278 e. The van der Waals surface area contributed by atoms with Crippen molar-refractivity contribution in [2.24, 2.45) is 0 Å². The van der Waals surface area contributed by atoms with Crippen molar-refractivity contribution in [2.75, 3.05) is 5.32 Å². The van der Waals surface area contributed by atoms with E-state index in [9.17, 15) is 9.59 Å². The minimum Gasteiger partial charge on any atom is -0.326 e. The van der Waals surface area contributed by atoms with Gasteiger partial charge < -0.3 is 5.32 Å². The number of aromatic nitrogens is 2. The van der Waals surface area contributed by atoms with Crippen molar-refractivity contribution in [3.63, 3.8) is 0 Å². The molecule has 0 spiro atoms. The zero-order valence-electron chi connectivity index (χ0n) is 15.0. The van der Waals surface area contributed by atoms with Gasteiger partial charge in [-0.2, -0.15) is 5.10 Å². The number of anilines is 1. The Balaban J connectivity index is 2.28. The van der Waals surface area contributed by atoms with Gasteiger partial charge in [0, 0.05) is 23.4 Å². The molecule has 1 N–H and O–H groups in total. The number of carbonyl (C=O) groups is 2. The molecular weight excluding hydrogens is 302 g/mol. The zero-order chi connectivity index (χ0) is 17.9. The average Bonchev–Trinajstić information content (AvgIpc) is 2.88. The van der Waals surface area contributed by atoms with Gasteiger partial charge in [0.05, 0.1) is 5.69 Å². The number of rotatable bonds is 5. The van der Waals surface area contributed by atoms with Gasteiger partial charge >= 0.3 is 0 Å². The molecule has 2 aromatic rings. The summed E-state index contributed by atoms with van der Waals surface area (Å²) in [4.78, 5) is 24.2. The van der Waals surface area contributed by atoms with Gasteiger partial charge in [0.2, 0.25) is 5.91 Å². The van der Waals surface area contributed by atoms with E-state index in [1.54, 1.807) is 31.2 Å². The molecule has 5 nitrogen and oxygen atoms in total. The molecule has 0 aliphatic carbocycles. The van der Waals surface area contributed by atoms with Crippen molar-refractivity contribution < 1.29 is 9.59 Å². The Morgan fingerprint density at radius 1 is 1.17 bits per heavy atom.